The van der Waals surface area contributed by atoms with Gasteiger partial charge in [-0.25, -0.2) is 10.5 Å². The van der Waals surface area contributed by atoms with Gasteiger partial charge in [-0.15, -0.1) is 0 Å². The van der Waals surface area contributed by atoms with Gasteiger partial charge in [-0.1, -0.05) is 0 Å². The molecule has 0 aromatic heterocycles. The van der Waals surface area contributed by atoms with Crippen LogP contribution in [0.3, 0.4) is 0 Å². The highest BCUT2D eigenvalue weighted by Gasteiger charge is 1.89. The van der Waals surface area contributed by atoms with E-state index in [4.69, 9.17) is 5.11 Å². The maximum atomic E-state index is 9.87. The van der Waals surface area contributed by atoms with Crippen LogP contribution in [0.15, 0.2) is 0 Å². The maximum absolute atomic E-state index is 9.87. The molecule has 0 heterocycles. The first kappa shape index (κ1) is 7.07. The fourth-order valence-electron chi connectivity index (χ4n) is 0.0867. The summed E-state index contributed by atoms with van der Waals surface area (Å²) in [6.45, 7) is -0.630. The highest BCUT2D eigenvalue weighted by molar-refractivity contribution is 7.33. The Morgan fingerprint density at radius 2 is 2.43 bits per heavy atom. The lowest BCUT2D eigenvalue weighted by Gasteiger charge is -1.92. The van der Waals surface area contributed by atoms with Gasteiger partial charge in [-0.2, -0.15) is 0 Å². The lowest BCUT2D eigenvalue weighted by Crippen LogP contribution is -1.91. The molecule has 7 heavy (non-hydrogen) atoms. The summed E-state index contributed by atoms with van der Waals surface area (Å²) in [7, 11) is -2.60. The maximum Gasteiger partial charge on any atom is 0.337 e. The van der Waals surface area contributed by atoms with E-state index < -0.39 is 15.0 Å². The molecule has 0 saturated carbocycles. The van der Waals surface area contributed by atoms with Gasteiger partial charge >= 0.3 is 8.25 Å². The number of rotatable bonds is 3. The van der Waals surface area contributed by atoms with Crippen LogP contribution < -0.4 is 5.90 Å². The summed E-state index contributed by atoms with van der Waals surface area (Å²) in [5, 5.41) is 7.84. The molecule has 3 N–H and O–H groups in total. The van der Waals surface area contributed by atoms with E-state index in [1.54, 1.807) is 0 Å². The number of hydrogen-bond acceptors (Lipinski definition) is 5. The van der Waals surface area contributed by atoms with Crippen molar-refractivity contribution in [2.24, 2.45) is 5.90 Å². The topological polar surface area (TPSA) is 81.8 Å². The Hall–Kier alpha value is 0.0700. The summed E-state index contributed by atoms with van der Waals surface area (Å²) in [6, 6.07) is 0. The van der Waals surface area contributed by atoms with E-state index >= 15 is 0 Å². The van der Waals surface area contributed by atoms with E-state index in [1.807, 2.05) is 0 Å². The summed E-state index contributed by atoms with van der Waals surface area (Å²) < 4.78 is 17.5. The molecule has 0 rings (SSSR count). The van der Waals surface area contributed by atoms with Gasteiger partial charge in [-0.3, -0.25) is 9.09 Å². The molecule has 0 bridgehead atoms. The first-order valence-corrected chi connectivity index (χ1v) is 2.68. The van der Waals surface area contributed by atoms with Crippen molar-refractivity contribution in [1.82, 2.24) is 0 Å². The predicted octanol–water partition coefficient (Wildman–Crippen LogP) is -0.767. The van der Waals surface area contributed by atoms with Crippen molar-refractivity contribution in [2.75, 3.05) is 6.79 Å². The minimum absolute atomic E-state index is 0.630. The molecule has 5 nitrogen and oxygen atoms in total. The van der Waals surface area contributed by atoms with Crippen LogP contribution in [0.25, 0.3) is 0 Å². The van der Waals surface area contributed by atoms with Gasteiger partial charge in [-0.05, 0) is 0 Å². The van der Waals surface area contributed by atoms with Crippen molar-refractivity contribution in [2.45, 2.75) is 0 Å². The van der Waals surface area contributed by atoms with E-state index in [0.29, 0.717) is 0 Å². The normalized spacial score (nSPS) is 14.0. The molecule has 0 spiro atoms. The molecule has 6 heteroatoms. The first-order valence-electron chi connectivity index (χ1n) is 1.45. The highest BCUT2D eigenvalue weighted by atomic mass is 31.1. The molecule has 0 amide bonds. The summed E-state index contributed by atoms with van der Waals surface area (Å²) >= 11 is 0. The van der Waals surface area contributed by atoms with Crippen LogP contribution in [-0.2, 0) is 13.7 Å². The van der Waals surface area contributed by atoms with Gasteiger partial charge in [0.25, 0.3) is 0 Å². The fraction of sp³-hybridized carbons (Fsp3) is 1.00. The molecule has 44 valence electrons. The third-order valence-corrected chi connectivity index (χ3v) is 0.836. The SMILES string of the molecule is NO[PH](=O)OCO. The average Bonchev–Trinajstić information content (AvgIpc) is 1.68. The summed E-state index contributed by atoms with van der Waals surface area (Å²) in [5.74, 6) is 4.35. The number of nitrogens with two attached hydrogens (primary N) is 1. The van der Waals surface area contributed by atoms with E-state index in [0.717, 1.165) is 0 Å². The van der Waals surface area contributed by atoms with Crippen LogP contribution in [0.5, 0.6) is 0 Å². The average molecular weight is 127 g/mol. The largest absolute Gasteiger partial charge is 0.370 e. The van der Waals surface area contributed by atoms with Gasteiger partial charge in [0.05, 0.1) is 0 Å². The third kappa shape index (κ3) is 3.91. The second-order valence-corrected chi connectivity index (χ2v) is 1.67. The summed E-state index contributed by atoms with van der Waals surface area (Å²) in [6.07, 6.45) is 0. The Morgan fingerprint density at radius 1 is 1.86 bits per heavy atom. The Morgan fingerprint density at radius 3 is 2.57 bits per heavy atom. The minimum atomic E-state index is -2.60. The molecule has 0 fully saturated rings. The Balaban J connectivity index is 3.00. The molecule has 0 aromatic carbocycles. The monoisotopic (exact) mass is 127 g/mol. The number of aliphatic hydroxyl groups is 1. The Bertz CT molecular complexity index is 64.7. The second-order valence-electron chi connectivity index (χ2n) is 0.641. The van der Waals surface area contributed by atoms with Crippen molar-refractivity contribution in [3.05, 3.63) is 0 Å². The zero-order chi connectivity index (χ0) is 5.70. The van der Waals surface area contributed by atoms with Gasteiger partial charge in [0.2, 0.25) is 0 Å². The van der Waals surface area contributed by atoms with Crippen LogP contribution >= 0.6 is 8.25 Å². The van der Waals surface area contributed by atoms with Crippen LogP contribution in [0.4, 0.5) is 0 Å². The smallest absolute Gasteiger partial charge is 0.337 e. The van der Waals surface area contributed by atoms with E-state index in [9.17, 15) is 4.57 Å². The zero-order valence-electron chi connectivity index (χ0n) is 3.46. The van der Waals surface area contributed by atoms with Crippen LogP contribution in [-0.4, -0.2) is 11.9 Å². The first-order chi connectivity index (χ1) is 3.31. The molecule has 0 radical (unpaired) electrons. The quantitative estimate of drug-likeness (QED) is 0.295. The predicted molar refractivity (Wildman–Crippen MR) is 22.4 cm³/mol. The standard InChI is InChI=1S/CH6NO4P/c2-6-7(4)5-1-3/h3,7H,1-2H2. The molecule has 0 aliphatic rings. The fourth-order valence-corrected chi connectivity index (χ4v) is 0.260. The van der Waals surface area contributed by atoms with Gasteiger partial charge in [0, 0.05) is 0 Å². The zero-order valence-corrected chi connectivity index (χ0v) is 4.46. The van der Waals surface area contributed by atoms with Crippen LogP contribution in [0.2, 0.25) is 0 Å². The van der Waals surface area contributed by atoms with Gasteiger partial charge in [0.15, 0.2) is 6.79 Å². The van der Waals surface area contributed by atoms with Gasteiger partial charge in [0.1, 0.15) is 0 Å². The molecule has 1 atom stereocenters. The van der Waals surface area contributed by atoms with Crippen LogP contribution in [0.1, 0.15) is 0 Å². The second kappa shape index (κ2) is 4.23. The molecule has 0 aliphatic carbocycles. The Kier molecular flexibility index (Phi) is 4.28. The van der Waals surface area contributed by atoms with Gasteiger partial charge < -0.3 is 5.11 Å². The third-order valence-electron chi connectivity index (χ3n) is 0.279. The van der Waals surface area contributed by atoms with Crippen molar-refractivity contribution in [3.63, 3.8) is 0 Å². The molecule has 0 aromatic rings. The molecular formula is CH6NO4P. The highest BCUT2D eigenvalue weighted by Crippen LogP contribution is 2.18. The molecule has 0 aliphatic heterocycles. The van der Waals surface area contributed by atoms with E-state index in [1.165, 1.54) is 0 Å². The number of aliphatic hydroxyl groups excluding tert-OH is 1. The summed E-state index contributed by atoms with van der Waals surface area (Å²) in [4.78, 5) is 0. The number of hydrogen-bond donors (Lipinski definition) is 2. The molecule has 0 saturated heterocycles. The van der Waals surface area contributed by atoms with Crippen molar-refractivity contribution < 1.29 is 18.8 Å². The van der Waals surface area contributed by atoms with Crippen molar-refractivity contribution >= 4 is 8.25 Å². The summed E-state index contributed by atoms with van der Waals surface area (Å²) in [5.41, 5.74) is 0. The molecular weight excluding hydrogens is 121 g/mol. The lowest BCUT2D eigenvalue weighted by molar-refractivity contribution is 0.0857. The van der Waals surface area contributed by atoms with Crippen molar-refractivity contribution in [1.29, 1.82) is 0 Å². The van der Waals surface area contributed by atoms with Crippen LogP contribution in [0, 0.1) is 0 Å². The Labute approximate surface area is 40.9 Å². The van der Waals surface area contributed by atoms with Crippen molar-refractivity contribution in [3.8, 4) is 0 Å². The van der Waals surface area contributed by atoms with E-state index in [-0.39, 0.29) is 0 Å². The van der Waals surface area contributed by atoms with E-state index in [2.05, 4.69) is 15.0 Å². The lowest BCUT2D eigenvalue weighted by atomic mass is 11.6. The minimum Gasteiger partial charge on any atom is -0.370 e. The molecule has 1 unspecified atom stereocenters.